The molecule has 18 heavy (non-hydrogen) atoms. The molecule has 0 saturated heterocycles. The van der Waals surface area contributed by atoms with Crippen molar-refractivity contribution in [1.82, 2.24) is 10.3 Å². The van der Waals surface area contributed by atoms with E-state index in [0.717, 1.165) is 36.0 Å². The zero-order valence-corrected chi connectivity index (χ0v) is 10.8. The Labute approximate surface area is 106 Å². The number of hydrogen-bond donors (Lipinski definition) is 1. The molecule has 0 fully saturated rings. The molecule has 2 rings (SSSR count). The molecule has 1 heterocycles. The highest BCUT2D eigenvalue weighted by Crippen LogP contribution is 2.17. The Morgan fingerprint density at radius 2 is 2.28 bits per heavy atom. The van der Waals surface area contributed by atoms with Crippen molar-refractivity contribution in [1.29, 1.82) is 0 Å². The van der Waals surface area contributed by atoms with Gasteiger partial charge in [0, 0.05) is 13.5 Å². The maximum atomic E-state index is 11.7. The molecule has 1 N–H and O–H groups in total. The molecule has 0 radical (unpaired) electrons. The molecule has 0 bridgehead atoms. The Morgan fingerprint density at radius 1 is 1.44 bits per heavy atom. The van der Waals surface area contributed by atoms with E-state index in [0.29, 0.717) is 12.3 Å². The molecule has 0 saturated carbocycles. The zero-order valence-electron chi connectivity index (χ0n) is 10.8. The van der Waals surface area contributed by atoms with Gasteiger partial charge in [0.25, 0.3) is 0 Å². The number of benzene rings is 1. The van der Waals surface area contributed by atoms with Crippen LogP contribution in [-0.4, -0.2) is 17.4 Å². The number of fused-ring (bicyclic) bond motifs is 1. The fraction of sp³-hybridized carbons (Fsp3) is 0.429. The Bertz CT molecular complexity index is 546. The summed E-state index contributed by atoms with van der Waals surface area (Å²) in [5, 5.41) is 2.90. The molecular weight excluding hydrogens is 228 g/mol. The Kier molecular flexibility index (Phi) is 3.97. The van der Waals surface area contributed by atoms with Crippen LogP contribution in [-0.2, 0) is 11.2 Å². The number of aryl methyl sites for hydroxylation is 1. The zero-order chi connectivity index (χ0) is 13.0. The van der Waals surface area contributed by atoms with E-state index >= 15 is 0 Å². The predicted octanol–water partition coefficient (Wildman–Crippen LogP) is 2.60. The fourth-order valence-corrected chi connectivity index (χ4v) is 1.85. The standard InChI is InChI=1S/C14H18N2O2/c1-3-4-7-15-14(17)9-11-5-6-12-13(8-11)18-10(2)16-12/h5-6,8H,3-4,7,9H2,1-2H3,(H,15,17). The van der Waals surface area contributed by atoms with Crippen molar-refractivity contribution in [2.45, 2.75) is 33.1 Å². The summed E-state index contributed by atoms with van der Waals surface area (Å²) in [6, 6.07) is 5.69. The summed E-state index contributed by atoms with van der Waals surface area (Å²) in [6.07, 6.45) is 2.50. The van der Waals surface area contributed by atoms with Gasteiger partial charge in [-0.25, -0.2) is 4.98 Å². The molecule has 4 heteroatoms. The van der Waals surface area contributed by atoms with E-state index in [1.807, 2.05) is 25.1 Å². The van der Waals surface area contributed by atoms with Crippen molar-refractivity contribution in [3.63, 3.8) is 0 Å². The van der Waals surface area contributed by atoms with Gasteiger partial charge in [-0.05, 0) is 24.1 Å². The first-order valence-corrected chi connectivity index (χ1v) is 6.32. The first kappa shape index (κ1) is 12.6. The van der Waals surface area contributed by atoms with Gasteiger partial charge >= 0.3 is 0 Å². The van der Waals surface area contributed by atoms with Gasteiger partial charge in [0.1, 0.15) is 5.52 Å². The largest absolute Gasteiger partial charge is 0.441 e. The number of amides is 1. The van der Waals surface area contributed by atoms with Crippen molar-refractivity contribution in [3.8, 4) is 0 Å². The number of nitrogens with zero attached hydrogens (tertiary/aromatic N) is 1. The number of oxazole rings is 1. The summed E-state index contributed by atoms with van der Waals surface area (Å²) in [5.74, 6) is 0.702. The minimum atomic E-state index is 0.0547. The topological polar surface area (TPSA) is 55.1 Å². The molecule has 0 unspecified atom stereocenters. The van der Waals surface area contributed by atoms with E-state index in [2.05, 4.69) is 17.2 Å². The number of aromatic nitrogens is 1. The van der Waals surface area contributed by atoms with Gasteiger partial charge in [-0.2, -0.15) is 0 Å². The molecule has 1 aromatic carbocycles. The van der Waals surface area contributed by atoms with E-state index in [-0.39, 0.29) is 5.91 Å². The van der Waals surface area contributed by atoms with Crippen LogP contribution in [0.3, 0.4) is 0 Å². The molecule has 0 atom stereocenters. The van der Waals surface area contributed by atoms with Crippen molar-refractivity contribution < 1.29 is 9.21 Å². The molecule has 1 amide bonds. The van der Waals surface area contributed by atoms with Crippen molar-refractivity contribution >= 4 is 17.0 Å². The normalized spacial score (nSPS) is 10.8. The first-order valence-electron chi connectivity index (χ1n) is 6.32. The predicted molar refractivity (Wildman–Crippen MR) is 70.4 cm³/mol. The first-order chi connectivity index (χ1) is 8.69. The summed E-state index contributed by atoms with van der Waals surface area (Å²) in [7, 11) is 0. The van der Waals surface area contributed by atoms with E-state index < -0.39 is 0 Å². The maximum Gasteiger partial charge on any atom is 0.224 e. The number of unbranched alkanes of at least 4 members (excludes halogenated alkanes) is 1. The second kappa shape index (κ2) is 5.67. The van der Waals surface area contributed by atoms with Gasteiger partial charge in [0.2, 0.25) is 5.91 Å². The van der Waals surface area contributed by atoms with E-state index in [9.17, 15) is 4.79 Å². The Balaban J connectivity index is 2.00. The lowest BCUT2D eigenvalue weighted by atomic mass is 10.1. The third-order valence-electron chi connectivity index (χ3n) is 2.78. The summed E-state index contributed by atoms with van der Waals surface area (Å²) < 4.78 is 5.45. The molecule has 0 aliphatic heterocycles. The third-order valence-corrected chi connectivity index (χ3v) is 2.78. The maximum absolute atomic E-state index is 11.7. The highest BCUT2D eigenvalue weighted by molar-refractivity contribution is 5.80. The molecule has 0 aliphatic rings. The van der Waals surface area contributed by atoms with Crippen LogP contribution < -0.4 is 5.32 Å². The molecule has 96 valence electrons. The average Bonchev–Trinajstić information content (AvgIpc) is 2.69. The lowest BCUT2D eigenvalue weighted by Gasteiger charge is -2.04. The second-order valence-corrected chi connectivity index (χ2v) is 4.42. The highest BCUT2D eigenvalue weighted by atomic mass is 16.3. The second-order valence-electron chi connectivity index (χ2n) is 4.42. The lowest BCUT2D eigenvalue weighted by molar-refractivity contribution is -0.120. The quantitative estimate of drug-likeness (QED) is 0.825. The van der Waals surface area contributed by atoms with Gasteiger partial charge in [-0.1, -0.05) is 19.4 Å². The summed E-state index contributed by atoms with van der Waals surface area (Å²) in [5.41, 5.74) is 2.53. The highest BCUT2D eigenvalue weighted by Gasteiger charge is 2.06. The number of rotatable bonds is 5. The lowest BCUT2D eigenvalue weighted by Crippen LogP contribution is -2.25. The van der Waals surface area contributed by atoms with Gasteiger partial charge in [0.05, 0.1) is 6.42 Å². The average molecular weight is 246 g/mol. The van der Waals surface area contributed by atoms with Crippen molar-refractivity contribution in [2.24, 2.45) is 0 Å². The van der Waals surface area contributed by atoms with E-state index in [4.69, 9.17) is 4.42 Å². The smallest absolute Gasteiger partial charge is 0.224 e. The van der Waals surface area contributed by atoms with E-state index in [1.54, 1.807) is 0 Å². The van der Waals surface area contributed by atoms with Crippen molar-refractivity contribution in [3.05, 3.63) is 29.7 Å². The molecule has 0 spiro atoms. The van der Waals surface area contributed by atoms with Crippen LogP contribution >= 0.6 is 0 Å². The van der Waals surface area contributed by atoms with Crippen LogP contribution in [0.5, 0.6) is 0 Å². The number of nitrogens with one attached hydrogen (secondary N) is 1. The van der Waals surface area contributed by atoms with Gasteiger partial charge < -0.3 is 9.73 Å². The summed E-state index contributed by atoms with van der Waals surface area (Å²) in [4.78, 5) is 15.9. The van der Waals surface area contributed by atoms with Crippen LogP contribution in [0.15, 0.2) is 22.6 Å². The third kappa shape index (κ3) is 3.09. The minimum Gasteiger partial charge on any atom is -0.441 e. The van der Waals surface area contributed by atoms with Gasteiger partial charge in [-0.3, -0.25) is 4.79 Å². The van der Waals surface area contributed by atoms with Gasteiger partial charge in [0.15, 0.2) is 11.5 Å². The molecule has 4 nitrogen and oxygen atoms in total. The monoisotopic (exact) mass is 246 g/mol. The van der Waals surface area contributed by atoms with Crippen LogP contribution in [0.4, 0.5) is 0 Å². The van der Waals surface area contributed by atoms with Crippen LogP contribution in [0.2, 0.25) is 0 Å². The summed E-state index contributed by atoms with van der Waals surface area (Å²) in [6.45, 7) is 4.67. The SMILES string of the molecule is CCCCNC(=O)Cc1ccc2nc(C)oc2c1. The number of carbonyl (C=O) groups is 1. The number of carbonyl (C=O) groups excluding carboxylic acids is 1. The van der Waals surface area contributed by atoms with Crippen LogP contribution in [0.1, 0.15) is 31.2 Å². The molecule has 2 aromatic rings. The van der Waals surface area contributed by atoms with Crippen LogP contribution in [0, 0.1) is 6.92 Å². The van der Waals surface area contributed by atoms with Crippen molar-refractivity contribution in [2.75, 3.05) is 6.54 Å². The van der Waals surface area contributed by atoms with E-state index in [1.165, 1.54) is 0 Å². The van der Waals surface area contributed by atoms with Gasteiger partial charge in [-0.15, -0.1) is 0 Å². The fourth-order valence-electron chi connectivity index (χ4n) is 1.85. The Hall–Kier alpha value is -1.84. The molecular formula is C14H18N2O2. The number of hydrogen-bond acceptors (Lipinski definition) is 3. The minimum absolute atomic E-state index is 0.0547. The molecule has 0 aliphatic carbocycles. The molecule has 1 aromatic heterocycles. The Morgan fingerprint density at radius 3 is 3.06 bits per heavy atom. The van der Waals surface area contributed by atoms with Crippen LogP contribution in [0.25, 0.3) is 11.1 Å². The summed E-state index contributed by atoms with van der Waals surface area (Å²) >= 11 is 0.